The summed E-state index contributed by atoms with van der Waals surface area (Å²) in [6, 6.07) is 16.3. The third-order valence-electron chi connectivity index (χ3n) is 13.4. The molecule has 4 heterocycles. The molecule has 2 atom stereocenters. The minimum absolute atomic E-state index is 0. The first kappa shape index (κ1) is 58.6. The number of alkyl halides is 4. The number of ketones is 2. The number of nitrogens with zero attached hydrogens (tertiary/aromatic N) is 4. The molecule has 0 saturated carbocycles. The van der Waals surface area contributed by atoms with Crippen LogP contribution >= 0.6 is 11.6 Å². The van der Waals surface area contributed by atoms with E-state index in [1.807, 2.05) is 0 Å². The molecule has 2 unspecified atom stereocenters. The van der Waals surface area contributed by atoms with Gasteiger partial charge in [0.2, 0.25) is 23.4 Å². The van der Waals surface area contributed by atoms with E-state index >= 15 is 0 Å². The highest BCUT2D eigenvalue weighted by Crippen LogP contribution is 2.35. The summed E-state index contributed by atoms with van der Waals surface area (Å²) < 4.78 is 81.8. The largest absolute Gasteiger partial charge is 0.476 e. The molecule has 77 heavy (non-hydrogen) atoms. The summed E-state index contributed by atoms with van der Waals surface area (Å²) in [5.41, 5.74) is 13.0. The maximum atomic E-state index is 14.6. The molecule has 2 fully saturated rings. The monoisotopic (exact) mass is 1090 g/mol. The van der Waals surface area contributed by atoms with Crippen LogP contribution in [0.3, 0.4) is 0 Å². The van der Waals surface area contributed by atoms with E-state index in [2.05, 4.69) is 13.2 Å². The van der Waals surface area contributed by atoms with Crippen LogP contribution in [0.15, 0.2) is 110 Å². The lowest BCUT2D eigenvalue weighted by atomic mass is 9.97. The lowest BCUT2D eigenvalue weighted by Gasteiger charge is -2.35. The number of ether oxygens (including phenoxy) is 2. The van der Waals surface area contributed by atoms with Gasteiger partial charge in [-0.05, 0) is 96.5 Å². The number of amides is 6. The zero-order valence-corrected chi connectivity index (χ0v) is 41.6. The number of benzene rings is 4. The predicted octanol–water partition coefficient (Wildman–Crippen LogP) is 7.23. The molecule has 16 nitrogen and oxygen atoms in total. The van der Waals surface area contributed by atoms with E-state index in [0.29, 0.717) is 38.4 Å². The Bertz CT molecular complexity index is 2790. The molecule has 4 aromatic carbocycles. The van der Waals surface area contributed by atoms with Crippen molar-refractivity contribution in [1.29, 1.82) is 0 Å². The van der Waals surface area contributed by atoms with Crippen LogP contribution in [0.4, 0.5) is 22.0 Å². The van der Waals surface area contributed by atoms with Crippen LogP contribution in [0.1, 0.15) is 100 Å². The van der Waals surface area contributed by atoms with E-state index in [1.165, 1.54) is 21.9 Å². The molecule has 0 radical (unpaired) electrons. The van der Waals surface area contributed by atoms with Crippen LogP contribution in [-0.2, 0) is 76.0 Å². The van der Waals surface area contributed by atoms with Gasteiger partial charge in [-0.15, -0.1) is 0 Å². The van der Waals surface area contributed by atoms with Gasteiger partial charge >= 0.3 is 11.8 Å². The molecule has 0 aliphatic carbocycles. The number of hydrogen-bond donors (Lipinski definition) is 2. The highest BCUT2D eigenvalue weighted by Gasteiger charge is 2.46. The molecular weight excluding hydrogens is 1040 g/mol. The molecule has 0 bridgehead atoms. The van der Waals surface area contributed by atoms with Gasteiger partial charge in [0.05, 0.1) is 13.1 Å². The number of carbonyl (C=O) groups is 8. The van der Waals surface area contributed by atoms with Crippen molar-refractivity contribution in [1.82, 2.24) is 19.6 Å². The SMILES string of the molecule is C.C=C(CN)OCN1C(=O)CCC(N2Cc3cc(CCC(=O)C(F)(F)c4ccc(Cl)cc4)ccc3C2=O)C1=O.C=C(CN)OCN1C(=O)CCC(N2Cc3cc(CCC(=O)C(F)(F)c4ccc(F)cc4)ccc3C2=O)C1=O. The first-order valence-corrected chi connectivity index (χ1v) is 24.3. The number of Topliss-reactive ketones (excluding diaryl/α,β-unsaturated/α-hetero) is 2. The van der Waals surface area contributed by atoms with Crippen LogP contribution < -0.4 is 11.5 Å². The summed E-state index contributed by atoms with van der Waals surface area (Å²) in [5, 5.41) is 0.291. The summed E-state index contributed by atoms with van der Waals surface area (Å²) in [6.45, 7) is 6.74. The quantitative estimate of drug-likeness (QED) is 0.0509. The third kappa shape index (κ3) is 13.0. The second-order valence-electron chi connectivity index (χ2n) is 18.3. The van der Waals surface area contributed by atoms with Crippen LogP contribution in [0, 0.1) is 5.82 Å². The third-order valence-corrected chi connectivity index (χ3v) is 13.6. The normalized spacial score (nSPS) is 17.4. The number of piperidine rings is 2. The zero-order chi connectivity index (χ0) is 55.2. The van der Waals surface area contributed by atoms with E-state index < -0.39 is 88.9 Å². The smallest absolute Gasteiger partial charge is 0.330 e. The van der Waals surface area contributed by atoms with E-state index in [4.69, 9.17) is 32.5 Å². The molecule has 8 rings (SSSR count). The van der Waals surface area contributed by atoms with E-state index in [0.717, 1.165) is 46.2 Å². The van der Waals surface area contributed by atoms with Gasteiger partial charge in [-0.2, -0.15) is 17.6 Å². The summed E-state index contributed by atoms with van der Waals surface area (Å²) in [5.74, 6) is -12.9. The van der Waals surface area contributed by atoms with Crippen molar-refractivity contribution in [2.45, 2.75) is 95.8 Å². The van der Waals surface area contributed by atoms with Crippen molar-refractivity contribution >= 4 is 58.6 Å². The number of fused-ring (bicyclic) bond motifs is 2. The number of carbonyl (C=O) groups excluding carboxylic acids is 8. The van der Waals surface area contributed by atoms with Crippen LogP contribution in [0.25, 0.3) is 0 Å². The van der Waals surface area contributed by atoms with Crippen molar-refractivity contribution in [3.05, 3.63) is 165 Å². The fourth-order valence-electron chi connectivity index (χ4n) is 9.00. The Hall–Kier alpha value is -7.62. The average molecular weight is 1090 g/mol. The van der Waals surface area contributed by atoms with Crippen molar-refractivity contribution < 1.29 is 69.8 Å². The number of hydrogen-bond acceptors (Lipinski definition) is 12. The fraction of sp³-hybridized carbons (Fsp3) is 0.345. The molecule has 0 spiro atoms. The minimum Gasteiger partial charge on any atom is -0.476 e. The maximum Gasteiger partial charge on any atom is 0.330 e. The summed E-state index contributed by atoms with van der Waals surface area (Å²) in [6.07, 6.45) is -0.376. The molecule has 6 amide bonds. The lowest BCUT2D eigenvalue weighted by molar-refractivity contribution is -0.158. The molecule has 4 N–H and O–H groups in total. The van der Waals surface area contributed by atoms with Gasteiger partial charge in [-0.25, -0.2) is 14.2 Å². The van der Waals surface area contributed by atoms with Gasteiger partial charge in [0.15, 0.2) is 13.5 Å². The number of likely N-dealkylation sites (tertiary alicyclic amines) is 2. The fourth-order valence-corrected chi connectivity index (χ4v) is 9.13. The molecule has 408 valence electrons. The molecule has 4 aliphatic heterocycles. The maximum absolute atomic E-state index is 14.6. The first-order chi connectivity index (χ1) is 36.0. The minimum atomic E-state index is -3.76. The standard InChI is InChI=1S/C27H26ClF2N3O5.C27H26F3N3O5.CH4/c2*1-16(13-31)38-15-33-24(35)11-9-22(26(33)37)32-14-18-12-17(2-8-21(18)25(32)36)3-10-23(34)27(29,30)19-4-6-20(28)7-5-19;/h2*2,4-8,12,22H,1,3,9-11,13-15,31H2;1H4. The number of rotatable bonds is 20. The lowest BCUT2D eigenvalue weighted by Crippen LogP contribution is -2.55. The Labute approximate surface area is 445 Å². The van der Waals surface area contributed by atoms with Crippen LogP contribution in [0.2, 0.25) is 5.02 Å². The highest BCUT2D eigenvalue weighted by molar-refractivity contribution is 6.30. The Morgan fingerprint density at radius 2 is 0.987 bits per heavy atom. The zero-order valence-electron chi connectivity index (χ0n) is 40.8. The van der Waals surface area contributed by atoms with Crippen molar-refractivity contribution in [2.75, 3.05) is 26.6 Å². The van der Waals surface area contributed by atoms with Gasteiger partial charge in [0, 0.05) is 66.0 Å². The Morgan fingerprint density at radius 3 is 1.36 bits per heavy atom. The molecule has 0 aromatic heterocycles. The van der Waals surface area contributed by atoms with Gasteiger partial charge in [-0.3, -0.25) is 38.4 Å². The summed E-state index contributed by atoms with van der Waals surface area (Å²) in [4.78, 5) is 106. The summed E-state index contributed by atoms with van der Waals surface area (Å²) >= 11 is 5.75. The average Bonchev–Trinajstić information content (AvgIpc) is 3.91. The number of imide groups is 2. The van der Waals surface area contributed by atoms with Gasteiger partial charge in [0.25, 0.3) is 23.6 Å². The van der Waals surface area contributed by atoms with E-state index in [9.17, 15) is 60.3 Å². The van der Waals surface area contributed by atoms with Crippen molar-refractivity contribution in [2.24, 2.45) is 11.5 Å². The Kier molecular flexibility index (Phi) is 18.7. The predicted molar refractivity (Wildman–Crippen MR) is 270 cm³/mol. The van der Waals surface area contributed by atoms with Gasteiger partial charge < -0.3 is 30.7 Å². The van der Waals surface area contributed by atoms with E-state index in [1.54, 1.807) is 36.4 Å². The Morgan fingerprint density at radius 1 is 0.610 bits per heavy atom. The molecule has 4 aliphatic rings. The second-order valence-corrected chi connectivity index (χ2v) is 18.8. The van der Waals surface area contributed by atoms with Gasteiger partial charge in [-0.1, -0.05) is 68.6 Å². The first-order valence-electron chi connectivity index (χ1n) is 23.9. The van der Waals surface area contributed by atoms with Crippen molar-refractivity contribution in [3.63, 3.8) is 0 Å². The highest BCUT2D eigenvalue weighted by atomic mass is 35.5. The molecule has 4 aromatic rings. The molecular formula is C55H56ClF5N6O10. The Balaban J connectivity index is 0.000000246. The second kappa shape index (κ2) is 24.6. The molecule has 2 saturated heterocycles. The number of nitrogens with two attached hydrogens (primary N) is 2. The number of halogens is 6. The number of aryl methyl sites for hydroxylation is 2. The van der Waals surface area contributed by atoms with Crippen LogP contribution in [-0.4, -0.2) is 105 Å². The van der Waals surface area contributed by atoms with Crippen molar-refractivity contribution in [3.8, 4) is 0 Å². The topological polar surface area (TPSA) is 220 Å². The van der Waals surface area contributed by atoms with Gasteiger partial charge in [0.1, 0.15) is 29.4 Å². The van der Waals surface area contributed by atoms with E-state index in [-0.39, 0.29) is 109 Å². The molecule has 22 heteroatoms. The van der Waals surface area contributed by atoms with Crippen LogP contribution in [0.5, 0.6) is 0 Å². The summed E-state index contributed by atoms with van der Waals surface area (Å²) in [7, 11) is 0.